The Morgan fingerprint density at radius 1 is 0.620 bits per heavy atom. The molecule has 4 aromatic heterocycles. The fraction of sp³-hybridized carbons (Fsp3) is 0.676. The highest BCUT2D eigenvalue weighted by molar-refractivity contribution is 6.77. The fourth-order valence-electron chi connectivity index (χ4n) is 14.7. The molecular formula is C74H115N14O8Si4+. The maximum absolute atomic E-state index is 13.8. The van der Waals surface area contributed by atoms with Crippen LogP contribution in [-0.2, 0) is 90.6 Å². The number of carbonyl (C=O) groups excluding carboxylic acids is 2. The molecule has 0 unspecified atom stereocenters. The predicted molar refractivity (Wildman–Crippen MR) is 404 cm³/mol. The lowest BCUT2D eigenvalue weighted by molar-refractivity contribution is -0.787. The molecule has 2 saturated heterocycles. The van der Waals surface area contributed by atoms with Gasteiger partial charge in [0.05, 0.1) is 95.3 Å². The van der Waals surface area contributed by atoms with E-state index in [9.17, 15) is 20.1 Å². The van der Waals surface area contributed by atoms with E-state index < -0.39 is 32.3 Å². The number of carbonyl (C=O) groups is 2. The first-order valence-corrected chi connectivity index (χ1v) is 51.6. The number of nitrogens with zero attached hydrogens (tertiary/aromatic N) is 13. The maximum atomic E-state index is 13.8. The number of fused-ring (bicyclic) bond motifs is 6. The standard InChI is InChI=1S/2C37H57N7O4Si2/c1-26(42-10-12-46-13-11-42)36(45)41(3)31-20-30-32(18-27(31)23-38)43(24-47-14-16-49(4,5)6)35(39-30)34-29-19-28-21-37(28,2)22-33(29)44(40-34)25-48-15-17-50(7,8)9;1-26(42-10-12-46-13-11-42)36(45)41(3)31-20-32-30(18-27(31)23-38)39-35(43(32)24-47-14-16-49(4,5)6)34-29-19-28-21-37(28,2)22-33(29)44(40-34)25-48-15-17-50(7,8)9/h2*18,20,26,28H,10-17,19,21-22,24-25H2,1-9H3/p+1/t2*26-,28+,37+/m00/s1. The minimum atomic E-state index is -1.30. The second-order valence-corrected chi connectivity index (χ2v) is 57.5. The van der Waals surface area contributed by atoms with Gasteiger partial charge in [0.2, 0.25) is 17.5 Å². The van der Waals surface area contributed by atoms with E-state index in [2.05, 4.69) is 138 Å². The summed E-state index contributed by atoms with van der Waals surface area (Å²) in [5, 5.41) is 29.7. The van der Waals surface area contributed by atoms with Crippen molar-refractivity contribution < 1.29 is 42.7 Å². The molecule has 0 bridgehead atoms. The van der Waals surface area contributed by atoms with Gasteiger partial charge in [-0.3, -0.25) is 28.5 Å². The van der Waals surface area contributed by atoms with Crippen molar-refractivity contribution in [3.63, 3.8) is 0 Å². The van der Waals surface area contributed by atoms with Gasteiger partial charge in [-0.25, -0.2) is 14.6 Å². The van der Waals surface area contributed by atoms with Gasteiger partial charge in [-0.05, 0) is 117 Å². The van der Waals surface area contributed by atoms with Crippen molar-refractivity contribution in [1.82, 2.24) is 43.8 Å². The van der Waals surface area contributed by atoms with Gasteiger partial charge >= 0.3 is 0 Å². The van der Waals surface area contributed by atoms with Crippen molar-refractivity contribution in [1.29, 1.82) is 10.5 Å². The van der Waals surface area contributed by atoms with E-state index in [1.807, 2.05) is 38.1 Å². The molecule has 0 radical (unpaired) electrons. The third-order valence-corrected chi connectivity index (χ3v) is 28.9. The molecule has 2 saturated carbocycles. The highest BCUT2D eigenvalue weighted by Gasteiger charge is 2.57. The summed E-state index contributed by atoms with van der Waals surface area (Å²) in [7, 11) is -1.51. The Hall–Kier alpha value is -5.73. The first-order chi connectivity index (χ1) is 47.2. The Labute approximate surface area is 597 Å². The van der Waals surface area contributed by atoms with Gasteiger partial charge in [0.15, 0.2) is 11.6 Å². The summed E-state index contributed by atoms with van der Waals surface area (Å²) in [6.07, 6.45) is 6.45. The van der Waals surface area contributed by atoms with Gasteiger partial charge in [-0.1, -0.05) is 97.1 Å². The van der Waals surface area contributed by atoms with Gasteiger partial charge in [-0.2, -0.15) is 20.7 Å². The smallest absolute Gasteiger partial charge is 0.276 e. The normalized spacial score (nSPS) is 21.5. The first kappa shape index (κ1) is 75.4. The summed E-state index contributed by atoms with van der Waals surface area (Å²) in [5.74, 6) is 2.74. The molecule has 0 spiro atoms. The molecule has 6 heterocycles. The van der Waals surface area contributed by atoms with E-state index in [4.69, 9.17) is 43.5 Å². The largest absolute Gasteiger partial charge is 0.379 e. The molecule has 544 valence electrons. The summed E-state index contributed by atoms with van der Waals surface area (Å²) >= 11 is 0. The van der Waals surface area contributed by atoms with Crippen LogP contribution in [0.5, 0.6) is 0 Å². The highest BCUT2D eigenvalue weighted by atomic mass is 28.3. The average molecular weight is 1440 g/mol. The summed E-state index contributed by atoms with van der Waals surface area (Å²) in [5.41, 5.74) is 12.7. The van der Waals surface area contributed by atoms with Crippen molar-refractivity contribution in [3.8, 4) is 35.2 Å². The molecule has 12 rings (SSSR count). The van der Waals surface area contributed by atoms with E-state index in [0.29, 0.717) is 149 Å². The summed E-state index contributed by atoms with van der Waals surface area (Å²) in [4.78, 5) is 45.6. The highest BCUT2D eigenvalue weighted by Crippen LogP contribution is 2.61. The summed E-state index contributed by atoms with van der Waals surface area (Å²) < 4.78 is 44.8. The van der Waals surface area contributed by atoms with E-state index in [-0.39, 0.29) is 23.9 Å². The second kappa shape index (κ2) is 30.2. The summed E-state index contributed by atoms with van der Waals surface area (Å²) in [6, 6.07) is 16.0. The van der Waals surface area contributed by atoms with Crippen molar-refractivity contribution >= 4 is 77.6 Å². The lowest BCUT2D eigenvalue weighted by Crippen LogP contribution is -2.50. The van der Waals surface area contributed by atoms with Crippen LogP contribution in [0.15, 0.2) is 24.3 Å². The Morgan fingerprint density at radius 2 is 1.06 bits per heavy atom. The van der Waals surface area contributed by atoms with Crippen molar-refractivity contribution in [2.75, 3.05) is 103 Å². The number of imidazole rings is 2. The quantitative estimate of drug-likeness (QED) is 0.0274. The first-order valence-electron chi connectivity index (χ1n) is 36.8. The zero-order valence-corrected chi connectivity index (χ0v) is 67.6. The van der Waals surface area contributed by atoms with Crippen LogP contribution in [0.2, 0.25) is 103 Å². The van der Waals surface area contributed by atoms with Crippen LogP contribution in [0, 0.1) is 45.3 Å². The molecular weight excluding hydrogens is 1330 g/mol. The Bertz CT molecular complexity index is 3940. The molecule has 6 atom stereocenters. The van der Waals surface area contributed by atoms with Gasteiger partial charge in [0.25, 0.3) is 6.73 Å². The predicted octanol–water partition coefficient (Wildman–Crippen LogP) is 11.8. The number of nitriles is 2. The molecule has 100 heavy (non-hydrogen) atoms. The van der Waals surface area contributed by atoms with E-state index in [1.54, 1.807) is 23.9 Å². The van der Waals surface area contributed by atoms with Crippen LogP contribution >= 0.6 is 0 Å². The molecule has 2 amide bonds. The number of amides is 2. The van der Waals surface area contributed by atoms with Crippen LogP contribution in [0.25, 0.3) is 45.1 Å². The molecule has 4 fully saturated rings. The van der Waals surface area contributed by atoms with Crippen LogP contribution < -0.4 is 14.5 Å². The summed E-state index contributed by atoms with van der Waals surface area (Å²) in [6.45, 7) is 46.7. The molecule has 26 heteroatoms. The second-order valence-electron chi connectivity index (χ2n) is 35.0. The number of likely N-dealkylation sites (N-methyl/N-ethyl adjacent to an activating group) is 2. The lowest BCUT2D eigenvalue weighted by atomic mass is 9.87. The number of hydrogen-bond donors (Lipinski definition) is 1. The SMILES string of the molecule is C[C@@H](C(=O)N(C)c1cc2c(cc1C#N)nc(-c1[nH][n+](COCC[Si](C)(C)C)c3c1C[C@@H]1C[C@]1(C)C3)n2COCC[Si](C)(C)C)N1CCOCC1.C[C@@H](C(=O)N(C)c1cc2nc(-c3nn(COCC[Si](C)(C)C)c4c3C[C@@H]3C[C@]3(C)C4)n(COCC[Si](C)(C)C)c2cc1C#N)N1CCOCC1. The van der Waals surface area contributed by atoms with Gasteiger partial charge < -0.3 is 38.2 Å². The van der Waals surface area contributed by atoms with E-state index in [1.165, 1.54) is 35.4 Å². The van der Waals surface area contributed by atoms with E-state index in [0.717, 1.165) is 97.1 Å². The average Bonchev–Trinajstić information content (AvgIpc) is 1.56. The van der Waals surface area contributed by atoms with E-state index >= 15 is 0 Å². The molecule has 6 aliphatic rings. The zero-order valence-electron chi connectivity index (χ0n) is 63.6. The van der Waals surface area contributed by atoms with Gasteiger partial charge in [-0.15, -0.1) is 0 Å². The molecule has 6 aromatic rings. The Kier molecular flexibility index (Phi) is 22.7. The third kappa shape index (κ3) is 17.4. The van der Waals surface area contributed by atoms with Crippen LogP contribution in [-0.4, -0.2) is 193 Å². The number of hydrogen-bond acceptors (Lipinski definition) is 15. The van der Waals surface area contributed by atoms with Crippen molar-refractivity contribution in [3.05, 3.63) is 57.9 Å². The number of anilines is 2. The maximum Gasteiger partial charge on any atom is 0.276 e. The van der Waals surface area contributed by atoms with Crippen LogP contribution in [0.3, 0.4) is 0 Å². The third-order valence-electron chi connectivity index (χ3n) is 22.1. The number of aromatic amines is 1. The number of aromatic nitrogens is 8. The molecule has 2 aromatic carbocycles. The number of nitrogens with one attached hydrogen (secondary N) is 1. The number of ether oxygens (including phenoxy) is 6. The molecule has 2 aliphatic heterocycles. The Morgan fingerprint density at radius 3 is 1.58 bits per heavy atom. The van der Waals surface area contributed by atoms with Crippen LogP contribution in [0.1, 0.15) is 74.2 Å². The minimum absolute atomic E-state index is 0.0542. The lowest BCUT2D eigenvalue weighted by Gasteiger charge is -2.33. The number of morpholine rings is 2. The number of benzene rings is 2. The van der Waals surface area contributed by atoms with Crippen molar-refractivity contribution in [2.45, 2.75) is 208 Å². The monoisotopic (exact) mass is 1440 g/mol. The van der Waals surface area contributed by atoms with Gasteiger partial charge in [0, 0.05) is 110 Å². The molecule has 1 N–H and O–H groups in total. The van der Waals surface area contributed by atoms with Gasteiger partial charge in [0.1, 0.15) is 43.7 Å². The zero-order chi connectivity index (χ0) is 72.0. The molecule has 22 nitrogen and oxygen atoms in total. The van der Waals surface area contributed by atoms with Crippen molar-refractivity contribution in [2.24, 2.45) is 22.7 Å². The Balaban J connectivity index is 0.000000202. The number of H-pyrrole nitrogens is 1. The van der Waals surface area contributed by atoms with Crippen LogP contribution in [0.4, 0.5) is 11.4 Å². The minimum Gasteiger partial charge on any atom is -0.379 e. The fourth-order valence-corrected chi connectivity index (χ4v) is 17.7. The topological polar surface area (TPSA) is 223 Å². The number of rotatable bonds is 28. The molecule has 4 aliphatic carbocycles.